The van der Waals surface area contributed by atoms with Crippen LogP contribution in [0, 0.1) is 11.8 Å². The van der Waals surface area contributed by atoms with Gasteiger partial charge in [-0.2, -0.15) is 0 Å². The lowest BCUT2D eigenvalue weighted by atomic mass is 9.88. The van der Waals surface area contributed by atoms with E-state index < -0.39 is 53.8 Å². The van der Waals surface area contributed by atoms with E-state index in [1.54, 1.807) is 12.1 Å². The van der Waals surface area contributed by atoms with Crippen molar-refractivity contribution < 1.29 is 28.7 Å². The Morgan fingerprint density at radius 2 is 1.32 bits per heavy atom. The zero-order valence-corrected chi connectivity index (χ0v) is 23.8. The maximum Gasteiger partial charge on any atom is 0.330 e. The maximum atomic E-state index is 14.4. The molecule has 2 saturated heterocycles. The minimum absolute atomic E-state index is 0.299. The Morgan fingerprint density at radius 3 is 1.95 bits per heavy atom. The van der Waals surface area contributed by atoms with Gasteiger partial charge in [0.2, 0.25) is 11.8 Å². The van der Waals surface area contributed by atoms with Gasteiger partial charge in [0.1, 0.15) is 11.8 Å². The fourth-order valence-corrected chi connectivity index (χ4v) is 6.64. The van der Waals surface area contributed by atoms with Gasteiger partial charge in [-0.25, -0.2) is 9.69 Å². The number of esters is 2. The molecule has 218 valence electrons. The fourth-order valence-electron chi connectivity index (χ4n) is 6.64. The number of nitrogens with zero attached hydrogens (tertiary/aromatic N) is 2. The van der Waals surface area contributed by atoms with Crippen LogP contribution in [0.1, 0.15) is 29.7 Å². The Bertz CT molecular complexity index is 1750. The van der Waals surface area contributed by atoms with Gasteiger partial charge in [-0.1, -0.05) is 91.0 Å². The van der Waals surface area contributed by atoms with Crippen molar-refractivity contribution in [1.29, 1.82) is 0 Å². The predicted molar refractivity (Wildman–Crippen MR) is 164 cm³/mol. The molecule has 0 aromatic heterocycles. The standard InChI is InChI=1S/C36H28N2O6/c1-22(39)43-27-19-17-26(18-20-27)37-34(40)30-29-21-16-23-10-8-9-15-28(23)38(29)32(31(30)35(37)41)36(42)44-33(24-11-4-2-5-12-24)25-13-6-3-7-14-25/h2-21,29-33H,1H3/t29-,30+,31+,32-/m0/s1. The van der Waals surface area contributed by atoms with Crippen LogP contribution in [0.15, 0.2) is 115 Å². The summed E-state index contributed by atoms with van der Waals surface area (Å²) in [5.41, 5.74) is 3.59. The molecule has 0 spiro atoms. The lowest BCUT2D eigenvalue weighted by Gasteiger charge is -2.36. The number of carbonyl (C=O) groups excluding carboxylic acids is 4. The smallest absolute Gasteiger partial charge is 0.330 e. The van der Waals surface area contributed by atoms with Gasteiger partial charge in [-0.05, 0) is 47.0 Å². The van der Waals surface area contributed by atoms with E-state index in [4.69, 9.17) is 9.47 Å². The summed E-state index contributed by atoms with van der Waals surface area (Å²) in [6, 6.07) is 31.2. The van der Waals surface area contributed by atoms with E-state index >= 15 is 0 Å². The van der Waals surface area contributed by atoms with Crippen LogP contribution in [0.4, 0.5) is 11.4 Å². The molecule has 0 N–H and O–H groups in total. The lowest BCUT2D eigenvalue weighted by Crippen LogP contribution is -2.49. The molecular weight excluding hydrogens is 556 g/mol. The van der Waals surface area contributed by atoms with E-state index in [1.165, 1.54) is 19.1 Å². The van der Waals surface area contributed by atoms with E-state index in [2.05, 4.69) is 0 Å². The number of fused-ring (bicyclic) bond motifs is 5. The van der Waals surface area contributed by atoms with Gasteiger partial charge in [0.25, 0.3) is 0 Å². The predicted octanol–water partition coefficient (Wildman–Crippen LogP) is 5.33. The van der Waals surface area contributed by atoms with Gasteiger partial charge < -0.3 is 14.4 Å². The highest BCUT2D eigenvalue weighted by Crippen LogP contribution is 2.50. The number of rotatable bonds is 6. The van der Waals surface area contributed by atoms with Crippen LogP contribution >= 0.6 is 0 Å². The summed E-state index contributed by atoms with van der Waals surface area (Å²) in [7, 11) is 0. The first-order valence-electron chi connectivity index (χ1n) is 14.4. The average molecular weight is 585 g/mol. The number of para-hydroxylation sites is 1. The topological polar surface area (TPSA) is 93.2 Å². The summed E-state index contributed by atoms with van der Waals surface area (Å²) in [6.07, 6.45) is 3.12. The fraction of sp³-hybridized carbons (Fsp3) is 0.167. The number of benzene rings is 4. The third kappa shape index (κ3) is 4.55. The summed E-state index contributed by atoms with van der Waals surface area (Å²) in [5, 5.41) is 0. The third-order valence-corrected chi connectivity index (χ3v) is 8.45. The van der Waals surface area contributed by atoms with Crippen LogP contribution in [-0.4, -0.2) is 35.8 Å². The van der Waals surface area contributed by atoms with Crippen molar-refractivity contribution in [2.24, 2.45) is 11.8 Å². The molecule has 3 aliphatic heterocycles. The van der Waals surface area contributed by atoms with Crippen molar-refractivity contribution in [2.45, 2.75) is 25.1 Å². The van der Waals surface area contributed by atoms with Crippen molar-refractivity contribution in [3.63, 3.8) is 0 Å². The molecule has 0 radical (unpaired) electrons. The first-order chi connectivity index (χ1) is 21.4. The van der Waals surface area contributed by atoms with Crippen molar-refractivity contribution >= 4 is 41.2 Å². The monoisotopic (exact) mass is 584 g/mol. The van der Waals surface area contributed by atoms with Gasteiger partial charge in [-0.3, -0.25) is 14.4 Å². The van der Waals surface area contributed by atoms with Crippen LogP contribution in [-0.2, 0) is 23.9 Å². The molecule has 0 unspecified atom stereocenters. The number of anilines is 2. The molecule has 3 heterocycles. The van der Waals surface area contributed by atoms with Gasteiger partial charge in [0.15, 0.2) is 6.10 Å². The zero-order valence-electron chi connectivity index (χ0n) is 23.8. The second kappa shape index (κ2) is 11.0. The number of carbonyl (C=O) groups is 4. The normalized spacial score (nSPS) is 21.6. The number of hydrogen-bond acceptors (Lipinski definition) is 7. The van der Waals surface area contributed by atoms with E-state index in [0.717, 1.165) is 27.3 Å². The molecular formula is C36H28N2O6. The van der Waals surface area contributed by atoms with Gasteiger partial charge in [0, 0.05) is 12.6 Å². The zero-order chi connectivity index (χ0) is 30.4. The first kappa shape index (κ1) is 27.3. The average Bonchev–Trinajstić information content (AvgIpc) is 3.53. The number of ether oxygens (including phenoxy) is 2. The van der Waals surface area contributed by atoms with Crippen LogP contribution in [0.3, 0.4) is 0 Å². The van der Waals surface area contributed by atoms with Crippen LogP contribution in [0.2, 0.25) is 0 Å². The molecule has 0 bridgehead atoms. The van der Waals surface area contributed by atoms with Crippen LogP contribution in [0.5, 0.6) is 5.75 Å². The number of hydrogen-bond donors (Lipinski definition) is 0. The SMILES string of the molecule is CC(=O)Oc1ccc(N2C(=O)[C@@H]3[C@H](C2=O)[C@@H]2C=Cc4ccccc4N2[C@@H]3C(=O)OC(c2ccccc2)c2ccccc2)cc1. The molecule has 7 rings (SSSR count). The van der Waals surface area contributed by atoms with Crippen LogP contribution in [0.25, 0.3) is 6.08 Å². The summed E-state index contributed by atoms with van der Waals surface area (Å²) in [6.45, 7) is 1.30. The summed E-state index contributed by atoms with van der Waals surface area (Å²) in [4.78, 5) is 57.1. The Kier molecular flexibility index (Phi) is 6.81. The molecule has 8 nitrogen and oxygen atoms in total. The second-order valence-electron chi connectivity index (χ2n) is 11.0. The molecule has 0 aliphatic carbocycles. The van der Waals surface area contributed by atoms with Gasteiger partial charge >= 0.3 is 11.9 Å². The van der Waals surface area contributed by atoms with E-state index in [1.807, 2.05) is 102 Å². The molecule has 4 aromatic rings. The molecule has 44 heavy (non-hydrogen) atoms. The minimum Gasteiger partial charge on any atom is -0.451 e. The minimum atomic E-state index is -1.05. The third-order valence-electron chi connectivity index (χ3n) is 8.45. The first-order valence-corrected chi connectivity index (χ1v) is 14.4. The van der Waals surface area contributed by atoms with Crippen molar-refractivity contribution in [3.05, 3.63) is 132 Å². The summed E-state index contributed by atoms with van der Waals surface area (Å²) in [5.74, 6) is -3.40. The Labute approximate surface area is 254 Å². The van der Waals surface area contributed by atoms with E-state index in [9.17, 15) is 19.2 Å². The molecule has 2 fully saturated rings. The second-order valence-corrected chi connectivity index (χ2v) is 11.0. The largest absolute Gasteiger partial charge is 0.451 e. The molecule has 3 aliphatic rings. The summed E-state index contributed by atoms with van der Waals surface area (Å²) < 4.78 is 11.4. The van der Waals surface area contributed by atoms with E-state index in [-0.39, 0.29) is 0 Å². The highest BCUT2D eigenvalue weighted by molar-refractivity contribution is 6.24. The molecule has 4 aromatic carbocycles. The van der Waals surface area contributed by atoms with Crippen LogP contribution < -0.4 is 14.5 Å². The maximum absolute atomic E-state index is 14.4. The van der Waals surface area contributed by atoms with Crippen molar-refractivity contribution in [3.8, 4) is 5.75 Å². The lowest BCUT2D eigenvalue weighted by molar-refractivity contribution is -0.151. The quantitative estimate of drug-likeness (QED) is 0.172. The number of imide groups is 1. The van der Waals surface area contributed by atoms with Gasteiger partial charge in [0.05, 0.1) is 23.6 Å². The van der Waals surface area contributed by atoms with Crippen molar-refractivity contribution in [2.75, 3.05) is 9.80 Å². The summed E-state index contributed by atoms with van der Waals surface area (Å²) >= 11 is 0. The van der Waals surface area contributed by atoms with E-state index in [0.29, 0.717) is 11.4 Å². The van der Waals surface area contributed by atoms with Crippen molar-refractivity contribution in [1.82, 2.24) is 0 Å². The molecule has 8 heteroatoms. The Hall–Kier alpha value is -5.50. The Morgan fingerprint density at radius 1 is 0.727 bits per heavy atom. The Balaban J connectivity index is 1.28. The molecule has 2 amide bonds. The molecule has 0 saturated carbocycles. The highest BCUT2D eigenvalue weighted by Gasteiger charge is 2.65. The van der Waals surface area contributed by atoms with Gasteiger partial charge in [-0.15, -0.1) is 0 Å². The highest BCUT2D eigenvalue weighted by atomic mass is 16.5. The number of amides is 2. The molecule has 4 atom stereocenters.